The number of aromatic nitrogens is 2. The fraction of sp³-hybridized carbons (Fsp3) is 0.650. The van der Waals surface area contributed by atoms with Gasteiger partial charge in [0.2, 0.25) is 0 Å². The Morgan fingerprint density at radius 1 is 0.885 bits per heavy atom. The number of fused-ring (bicyclic) bond motifs is 1. The number of likely N-dealkylation sites (tertiary alicyclic amines) is 1. The highest BCUT2D eigenvalue weighted by atomic mass is 32.1. The molecule has 4 heterocycles. The molecule has 0 N–H and O–H groups in total. The second-order valence-electron chi connectivity index (χ2n) is 7.58. The van der Waals surface area contributed by atoms with E-state index in [0.717, 1.165) is 71.3 Å². The molecule has 1 amide bonds. The van der Waals surface area contributed by atoms with Crippen LogP contribution in [0.25, 0.3) is 10.2 Å². The monoisotopic (exact) mass is 372 g/mol. The van der Waals surface area contributed by atoms with Gasteiger partial charge >= 0.3 is 0 Å². The number of piperidine rings is 1. The van der Waals surface area contributed by atoms with Crippen molar-refractivity contribution >= 4 is 33.3 Å². The van der Waals surface area contributed by atoms with Gasteiger partial charge in [0.05, 0.1) is 10.3 Å². The number of rotatable bonds is 2. The molecule has 0 atom stereocenters. The fourth-order valence-electron chi connectivity index (χ4n) is 4.18. The van der Waals surface area contributed by atoms with E-state index in [9.17, 15) is 4.79 Å². The Bertz CT molecular complexity index is 802. The molecule has 26 heavy (non-hydrogen) atoms. The average molecular weight is 373 g/mol. The lowest BCUT2D eigenvalue weighted by atomic mass is 10.1. The highest BCUT2D eigenvalue weighted by Gasteiger charge is 2.26. The van der Waals surface area contributed by atoms with E-state index in [1.54, 1.807) is 11.3 Å². The summed E-state index contributed by atoms with van der Waals surface area (Å²) in [5, 5.41) is 1.10. The SMILES string of the molecule is Cc1nc(N2CCCCC2)c2c(C)c(C(=O)N3CCCCCC3)sc2n1. The quantitative estimate of drug-likeness (QED) is 0.788. The lowest BCUT2D eigenvalue weighted by Gasteiger charge is -2.28. The Labute approximate surface area is 159 Å². The summed E-state index contributed by atoms with van der Waals surface area (Å²) in [4.78, 5) is 28.9. The van der Waals surface area contributed by atoms with Crippen molar-refractivity contribution < 1.29 is 4.79 Å². The van der Waals surface area contributed by atoms with Crippen LogP contribution in [0.15, 0.2) is 0 Å². The zero-order valence-corrected chi connectivity index (χ0v) is 16.7. The van der Waals surface area contributed by atoms with Gasteiger partial charge in [0, 0.05) is 26.2 Å². The molecule has 0 aromatic carbocycles. The van der Waals surface area contributed by atoms with Gasteiger partial charge in [0.15, 0.2) is 0 Å². The maximum Gasteiger partial charge on any atom is 0.264 e. The van der Waals surface area contributed by atoms with Gasteiger partial charge in [-0.05, 0) is 51.5 Å². The molecular weight excluding hydrogens is 344 g/mol. The first-order valence-corrected chi connectivity index (χ1v) is 10.8. The number of thiophene rings is 1. The van der Waals surface area contributed by atoms with Crippen LogP contribution < -0.4 is 4.90 Å². The topological polar surface area (TPSA) is 49.3 Å². The summed E-state index contributed by atoms with van der Waals surface area (Å²) in [5.74, 6) is 2.03. The summed E-state index contributed by atoms with van der Waals surface area (Å²) >= 11 is 1.56. The van der Waals surface area contributed by atoms with Crippen LogP contribution in [0.4, 0.5) is 5.82 Å². The molecule has 0 bridgehead atoms. The van der Waals surface area contributed by atoms with Crippen LogP contribution in [0.5, 0.6) is 0 Å². The first-order valence-electron chi connectivity index (χ1n) is 9.97. The lowest BCUT2D eigenvalue weighted by molar-refractivity contribution is 0.0766. The van der Waals surface area contributed by atoms with Crippen molar-refractivity contribution in [2.45, 2.75) is 58.8 Å². The Kier molecular flexibility index (Phi) is 5.11. The number of carbonyl (C=O) groups is 1. The molecule has 2 saturated heterocycles. The molecule has 2 fully saturated rings. The lowest BCUT2D eigenvalue weighted by Crippen LogP contribution is -2.31. The summed E-state index contributed by atoms with van der Waals surface area (Å²) in [7, 11) is 0. The van der Waals surface area contributed by atoms with Crippen molar-refractivity contribution in [3.05, 3.63) is 16.3 Å². The maximum atomic E-state index is 13.2. The van der Waals surface area contributed by atoms with Gasteiger partial charge in [0.25, 0.3) is 5.91 Å². The van der Waals surface area contributed by atoms with Gasteiger partial charge in [0.1, 0.15) is 16.5 Å². The van der Waals surface area contributed by atoms with Gasteiger partial charge in [-0.3, -0.25) is 4.79 Å². The van der Waals surface area contributed by atoms with Crippen LogP contribution in [-0.4, -0.2) is 47.0 Å². The molecular formula is C20H28N4OS. The van der Waals surface area contributed by atoms with Crippen molar-refractivity contribution in [1.82, 2.24) is 14.9 Å². The molecule has 2 aliphatic rings. The molecule has 0 radical (unpaired) electrons. The maximum absolute atomic E-state index is 13.2. The fourth-order valence-corrected chi connectivity index (χ4v) is 5.37. The van der Waals surface area contributed by atoms with E-state index in [2.05, 4.69) is 16.8 Å². The Morgan fingerprint density at radius 2 is 1.50 bits per heavy atom. The van der Waals surface area contributed by atoms with Gasteiger partial charge in [-0.1, -0.05) is 12.8 Å². The summed E-state index contributed by atoms with van der Waals surface area (Å²) in [5.41, 5.74) is 1.07. The zero-order chi connectivity index (χ0) is 18.1. The van der Waals surface area contributed by atoms with Crippen LogP contribution in [0.2, 0.25) is 0 Å². The van der Waals surface area contributed by atoms with Crippen molar-refractivity contribution in [3.63, 3.8) is 0 Å². The molecule has 0 saturated carbocycles. The predicted octanol–water partition coefficient (Wildman–Crippen LogP) is 4.31. The minimum absolute atomic E-state index is 0.189. The van der Waals surface area contributed by atoms with E-state index in [1.807, 2.05) is 11.8 Å². The number of amides is 1. The molecule has 140 valence electrons. The predicted molar refractivity (Wildman–Crippen MR) is 107 cm³/mol. The first-order chi connectivity index (χ1) is 12.6. The smallest absolute Gasteiger partial charge is 0.264 e. The number of aryl methyl sites for hydroxylation is 2. The standard InChI is InChI=1S/C20H28N4OS/c1-14-16-18(23-10-8-5-9-11-23)21-15(2)22-19(16)26-17(14)20(25)24-12-6-3-4-7-13-24/h3-13H2,1-2H3. The Balaban J connectivity index is 1.75. The normalized spacial score (nSPS) is 19.0. The van der Waals surface area contributed by atoms with Crippen LogP contribution in [0.1, 0.15) is 66.0 Å². The van der Waals surface area contributed by atoms with E-state index in [0.29, 0.717) is 0 Å². The number of hydrogen-bond acceptors (Lipinski definition) is 5. The molecule has 0 aliphatic carbocycles. The number of hydrogen-bond donors (Lipinski definition) is 0. The molecule has 4 rings (SSSR count). The van der Waals surface area contributed by atoms with Crippen LogP contribution in [0.3, 0.4) is 0 Å². The van der Waals surface area contributed by atoms with Gasteiger partial charge < -0.3 is 9.80 Å². The number of nitrogens with zero attached hydrogens (tertiary/aromatic N) is 4. The number of carbonyl (C=O) groups excluding carboxylic acids is 1. The molecule has 6 heteroatoms. The summed E-state index contributed by atoms with van der Waals surface area (Å²) in [6.45, 7) is 7.91. The van der Waals surface area contributed by atoms with Crippen LogP contribution in [-0.2, 0) is 0 Å². The van der Waals surface area contributed by atoms with E-state index < -0.39 is 0 Å². The van der Waals surface area contributed by atoms with E-state index >= 15 is 0 Å². The third kappa shape index (κ3) is 3.31. The molecule has 2 aromatic heterocycles. The van der Waals surface area contributed by atoms with Crippen molar-refractivity contribution in [1.29, 1.82) is 0 Å². The first kappa shape index (κ1) is 17.7. The van der Waals surface area contributed by atoms with E-state index in [4.69, 9.17) is 4.98 Å². The summed E-state index contributed by atoms with van der Waals surface area (Å²) in [6, 6.07) is 0. The van der Waals surface area contributed by atoms with Gasteiger partial charge in [-0.15, -0.1) is 11.3 Å². The minimum Gasteiger partial charge on any atom is -0.356 e. The average Bonchev–Trinajstić information content (AvgIpc) is 2.84. The molecule has 2 aromatic rings. The van der Waals surface area contributed by atoms with E-state index in [1.165, 1.54) is 32.1 Å². The Hall–Kier alpha value is -1.69. The van der Waals surface area contributed by atoms with Crippen molar-refractivity contribution in [2.24, 2.45) is 0 Å². The summed E-state index contributed by atoms with van der Waals surface area (Å²) < 4.78 is 0. The highest BCUT2D eigenvalue weighted by molar-refractivity contribution is 7.20. The third-order valence-electron chi connectivity index (χ3n) is 5.63. The van der Waals surface area contributed by atoms with E-state index in [-0.39, 0.29) is 5.91 Å². The Morgan fingerprint density at radius 3 is 2.19 bits per heavy atom. The molecule has 2 aliphatic heterocycles. The molecule has 0 spiro atoms. The minimum atomic E-state index is 0.189. The van der Waals surface area contributed by atoms with Gasteiger partial charge in [-0.25, -0.2) is 9.97 Å². The second-order valence-corrected chi connectivity index (χ2v) is 8.58. The molecule has 0 unspecified atom stereocenters. The largest absolute Gasteiger partial charge is 0.356 e. The van der Waals surface area contributed by atoms with Crippen LogP contribution in [0, 0.1) is 13.8 Å². The van der Waals surface area contributed by atoms with Crippen LogP contribution >= 0.6 is 11.3 Å². The zero-order valence-electron chi connectivity index (χ0n) is 15.9. The number of anilines is 1. The summed E-state index contributed by atoms with van der Waals surface area (Å²) in [6.07, 6.45) is 8.44. The van der Waals surface area contributed by atoms with Gasteiger partial charge in [-0.2, -0.15) is 0 Å². The van der Waals surface area contributed by atoms with Crippen molar-refractivity contribution in [2.75, 3.05) is 31.1 Å². The molecule has 5 nitrogen and oxygen atoms in total. The second kappa shape index (κ2) is 7.51. The van der Waals surface area contributed by atoms with Crippen molar-refractivity contribution in [3.8, 4) is 0 Å². The highest BCUT2D eigenvalue weighted by Crippen LogP contribution is 2.37. The third-order valence-corrected chi connectivity index (χ3v) is 6.80.